The molecule has 0 aliphatic carbocycles. The molecule has 0 bridgehead atoms. The lowest BCUT2D eigenvalue weighted by atomic mass is 10.1. The normalized spacial score (nSPS) is 14.3. The minimum Gasteiger partial charge on any atom is -0.467 e. The highest BCUT2D eigenvalue weighted by Gasteiger charge is 2.14. The first-order chi connectivity index (χ1) is 9.16. The molecule has 0 aliphatic heterocycles. The van der Waals surface area contributed by atoms with Crippen LogP contribution in [0.4, 0.5) is 0 Å². The summed E-state index contributed by atoms with van der Waals surface area (Å²) in [6, 6.07) is 7.77. The first-order valence-electron chi connectivity index (χ1n) is 6.52. The molecule has 4 nitrogen and oxygen atoms in total. The first kappa shape index (κ1) is 13.8. The molecule has 0 spiro atoms. The molecule has 2 atom stereocenters. The van der Waals surface area contributed by atoms with Crippen molar-refractivity contribution in [1.29, 1.82) is 0 Å². The van der Waals surface area contributed by atoms with Crippen molar-refractivity contribution in [3.05, 3.63) is 53.7 Å². The minimum atomic E-state index is -0.563. The molecule has 2 aromatic rings. The van der Waals surface area contributed by atoms with Gasteiger partial charge in [0, 0.05) is 24.5 Å². The Hall–Kier alpha value is -1.65. The van der Waals surface area contributed by atoms with Gasteiger partial charge in [0.1, 0.15) is 11.9 Å². The molecule has 2 heterocycles. The molecular formula is C15H20N2O2. The number of nitrogens with zero attached hydrogens (tertiary/aromatic N) is 1. The van der Waals surface area contributed by atoms with E-state index in [1.807, 2.05) is 13.0 Å². The highest BCUT2D eigenvalue weighted by molar-refractivity contribution is 5.17. The zero-order valence-corrected chi connectivity index (χ0v) is 11.3. The Morgan fingerprint density at radius 2 is 2.21 bits per heavy atom. The smallest absolute Gasteiger partial charge is 0.132 e. The van der Waals surface area contributed by atoms with Crippen molar-refractivity contribution in [3.8, 4) is 0 Å². The van der Waals surface area contributed by atoms with Gasteiger partial charge >= 0.3 is 0 Å². The number of furan rings is 1. The van der Waals surface area contributed by atoms with E-state index in [-0.39, 0.29) is 6.04 Å². The quantitative estimate of drug-likeness (QED) is 0.838. The lowest BCUT2D eigenvalue weighted by Crippen LogP contribution is -2.27. The van der Waals surface area contributed by atoms with Crippen LogP contribution < -0.4 is 5.32 Å². The number of pyridine rings is 1. The van der Waals surface area contributed by atoms with Crippen LogP contribution in [0.1, 0.15) is 36.5 Å². The van der Waals surface area contributed by atoms with E-state index in [4.69, 9.17) is 4.42 Å². The second kappa shape index (κ2) is 6.50. The fourth-order valence-electron chi connectivity index (χ4n) is 2.00. The average Bonchev–Trinajstić information content (AvgIpc) is 2.91. The Morgan fingerprint density at radius 1 is 1.37 bits per heavy atom. The van der Waals surface area contributed by atoms with Crippen molar-refractivity contribution >= 4 is 0 Å². The van der Waals surface area contributed by atoms with Crippen LogP contribution in [0.2, 0.25) is 0 Å². The number of hydrogen-bond donors (Lipinski definition) is 2. The summed E-state index contributed by atoms with van der Waals surface area (Å²) < 4.78 is 5.19. The summed E-state index contributed by atoms with van der Waals surface area (Å²) in [5, 5.41) is 13.4. The molecule has 4 heteroatoms. The van der Waals surface area contributed by atoms with Crippen LogP contribution in [0.3, 0.4) is 0 Å². The topological polar surface area (TPSA) is 58.3 Å². The molecule has 0 saturated heterocycles. The third kappa shape index (κ3) is 3.91. The minimum absolute atomic E-state index is 0.194. The van der Waals surface area contributed by atoms with Gasteiger partial charge in [-0.15, -0.1) is 0 Å². The summed E-state index contributed by atoms with van der Waals surface area (Å²) in [5.41, 5.74) is 2.22. The van der Waals surface area contributed by atoms with Crippen LogP contribution in [0.5, 0.6) is 0 Å². The maximum atomic E-state index is 9.99. The average molecular weight is 260 g/mol. The number of nitrogens with one attached hydrogen (secondary N) is 1. The SMILES string of the molecule is Cc1ncccc1CN[C@@H](C)C[C@H](O)c1ccco1. The molecule has 102 valence electrons. The molecule has 0 aliphatic rings. The van der Waals surface area contributed by atoms with Gasteiger partial charge in [-0.2, -0.15) is 0 Å². The molecule has 0 unspecified atom stereocenters. The lowest BCUT2D eigenvalue weighted by molar-refractivity contribution is 0.128. The van der Waals surface area contributed by atoms with Gasteiger partial charge in [-0.3, -0.25) is 4.98 Å². The number of aryl methyl sites for hydroxylation is 1. The van der Waals surface area contributed by atoms with Gasteiger partial charge in [0.25, 0.3) is 0 Å². The standard InChI is InChI=1S/C15H20N2O2/c1-11(9-14(18)15-6-4-8-19-15)17-10-13-5-3-7-16-12(13)2/h3-8,11,14,17-18H,9-10H2,1-2H3/t11-,14-/m0/s1. The largest absolute Gasteiger partial charge is 0.467 e. The van der Waals surface area contributed by atoms with Gasteiger partial charge in [0.05, 0.1) is 6.26 Å². The summed E-state index contributed by atoms with van der Waals surface area (Å²) in [7, 11) is 0. The van der Waals surface area contributed by atoms with E-state index in [1.165, 1.54) is 5.56 Å². The predicted octanol–water partition coefficient (Wildman–Crippen LogP) is 2.58. The summed E-state index contributed by atoms with van der Waals surface area (Å²) in [6.07, 6.45) is 3.43. The van der Waals surface area contributed by atoms with Crippen molar-refractivity contribution < 1.29 is 9.52 Å². The van der Waals surface area contributed by atoms with Crippen molar-refractivity contribution in [2.45, 2.75) is 39.0 Å². The lowest BCUT2D eigenvalue weighted by Gasteiger charge is -2.17. The fraction of sp³-hybridized carbons (Fsp3) is 0.400. The van der Waals surface area contributed by atoms with Gasteiger partial charge in [0.2, 0.25) is 0 Å². The molecule has 2 N–H and O–H groups in total. The van der Waals surface area contributed by atoms with E-state index >= 15 is 0 Å². The summed E-state index contributed by atoms with van der Waals surface area (Å²) in [6.45, 7) is 4.81. The molecule has 2 rings (SSSR count). The van der Waals surface area contributed by atoms with Gasteiger partial charge in [-0.05, 0) is 44.0 Å². The second-order valence-electron chi connectivity index (χ2n) is 4.80. The third-order valence-corrected chi connectivity index (χ3v) is 3.21. The molecule has 0 radical (unpaired) electrons. The zero-order chi connectivity index (χ0) is 13.7. The molecule has 19 heavy (non-hydrogen) atoms. The Kier molecular flexibility index (Phi) is 4.71. The molecule has 0 amide bonds. The van der Waals surface area contributed by atoms with Crippen molar-refractivity contribution in [1.82, 2.24) is 10.3 Å². The Labute approximate surface area is 113 Å². The van der Waals surface area contributed by atoms with Crippen molar-refractivity contribution in [2.24, 2.45) is 0 Å². The first-order valence-corrected chi connectivity index (χ1v) is 6.52. The Morgan fingerprint density at radius 3 is 2.89 bits per heavy atom. The Balaban J connectivity index is 1.82. The van der Waals surface area contributed by atoms with Gasteiger partial charge in [0.15, 0.2) is 0 Å². The number of rotatable bonds is 6. The summed E-state index contributed by atoms with van der Waals surface area (Å²) in [4.78, 5) is 4.25. The monoisotopic (exact) mass is 260 g/mol. The number of aliphatic hydroxyl groups excluding tert-OH is 1. The molecule has 0 aromatic carbocycles. The van der Waals surface area contributed by atoms with E-state index in [1.54, 1.807) is 24.6 Å². The van der Waals surface area contributed by atoms with Gasteiger partial charge in [-0.25, -0.2) is 0 Å². The van der Waals surface area contributed by atoms with Gasteiger partial charge < -0.3 is 14.8 Å². The number of hydrogen-bond acceptors (Lipinski definition) is 4. The van der Waals surface area contributed by atoms with Crippen LogP contribution in [0.15, 0.2) is 41.1 Å². The van der Waals surface area contributed by atoms with Crippen molar-refractivity contribution in [2.75, 3.05) is 0 Å². The molecule has 0 saturated carbocycles. The molecular weight excluding hydrogens is 240 g/mol. The van der Waals surface area contributed by atoms with E-state index in [9.17, 15) is 5.11 Å². The third-order valence-electron chi connectivity index (χ3n) is 3.21. The van der Waals surface area contributed by atoms with Crippen LogP contribution in [-0.4, -0.2) is 16.1 Å². The van der Waals surface area contributed by atoms with Crippen LogP contribution in [-0.2, 0) is 6.54 Å². The summed E-state index contributed by atoms with van der Waals surface area (Å²) >= 11 is 0. The van der Waals surface area contributed by atoms with E-state index in [0.717, 1.165) is 12.2 Å². The fourth-order valence-corrected chi connectivity index (χ4v) is 2.00. The highest BCUT2D eigenvalue weighted by atomic mass is 16.4. The molecule has 0 fully saturated rings. The van der Waals surface area contributed by atoms with E-state index in [0.29, 0.717) is 12.2 Å². The van der Waals surface area contributed by atoms with E-state index < -0.39 is 6.10 Å². The zero-order valence-electron chi connectivity index (χ0n) is 11.3. The molecule has 2 aromatic heterocycles. The van der Waals surface area contributed by atoms with Crippen molar-refractivity contribution in [3.63, 3.8) is 0 Å². The van der Waals surface area contributed by atoms with E-state index in [2.05, 4.69) is 23.3 Å². The second-order valence-corrected chi connectivity index (χ2v) is 4.80. The predicted molar refractivity (Wildman–Crippen MR) is 73.6 cm³/mol. The van der Waals surface area contributed by atoms with Gasteiger partial charge in [-0.1, -0.05) is 6.07 Å². The highest BCUT2D eigenvalue weighted by Crippen LogP contribution is 2.18. The summed E-state index contributed by atoms with van der Waals surface area (Å²) in [5.74, 6) is 0.617. The van der Waals surface area contributed by atoms with Crippen LogP contribution >= 0.6 is 0 Å². The van der Waals surface area contributed by atoms with Crippen LogP contribution in [0.25, 0.3) is 0 Å². The Bertz CT molecular complexity index is 497. The maximum absolute atomic E-state index is 9.99. The maximum Gasteiger partial charge on any atom is 0.132 e. The number of aromatic nitrogens is 1. The number of aliphatic hydroxyl groups is 1. The van der Waals surface area contributed by atoms with Crippen LogP contribution in [0, 0.1) is 6.92 Å².